The minimum absolute atomic E-state index is 0.0803. The number of piperazine rings is 1. The number of para-hydroxylation sites is 2. The number of amides is 1. The van der Waals surface area contributed by atoms with Crippen molar-refractivity contribution in [3.8, 4) is 11.3 Å². The average molecular weight is 401 g/mol. The fourth-order valence-corrected chi connectivity index (χ4v) is 3.92. The van der Waals surface area contributed by atoms with Crippen LogP contribution < -0.4 is 0 Å². The van der Waals surface area contributed by atoms with Crippen LogP contribution in [0.2, 0.25) is 0 Å². The number of benzene rings is 2. The smallest absolute Gasteiger partial charge is 0.276 e. The summed E-state index contributed by atoms with van der Waals surface area (Å²) in [5, 5.41) is 4.00. The van der Waals surface area contributed by atoms with Gasteiger partial charge in [-0.05, 0) is 12.1 Å². The molecule has 30 heavy (non-hydrogen) atoms. The molecule has 2 aromatic heterocycles. The highest BCUT2D eigenvalue weighted by molar-refractivity contribution is 5.93. The molecular formula is C23H23N5O2. The lowest BCUT2D eigenvalue weighted by molar-refractivity contribution is 0.0614. The van der Waals surface area contributed by atoms with E-state index >= 15 is 0 Å². The van der Waals surface area contributed by atoms with Crippen LogP contribution in [-0.4, -0.2) is 56.6 Å². The van der Waals surface area contributed by atoms with Crippen molar-refractivity contribution < 1.29 is 9.32 Å². The number of carbonyl (C=O) groups is 1. The quantitative estimate of drug-likeness (QED) is 0.525. The number of aryl methyl sites for hydroxylation is 1. The summed E-state index contributed by atoms with van der Waals surface area (Å²) in [7, 11) is 2.05. The zero-order chi connectivity index (χ0) is 20.5. The average Bonchev–Trinajstić information content (AvgIpc) is 3.40. The highest BCUT2D eigenvalue weighted by atomic mass is 16.5. The molecule has 7 heteroatoms. The van der Waals surface area contributed by atoms with Gasteiger partial charge in [-0.1, -0.05) is 47.6 Å². The van der Waals surface area contributed by atoms with Crippen molar-refractivity contribution in [2.45, 2.75) is 6.54 Å². The second-order valence-electron chi connectivity index (χ2n) is 7.59. The highest BCUT2D eigenvalue weighted by Gasteiger charge is 2.25. The number of carbonyl (C=O) groups excluding carboxylic acids is 1. The van der Waals surface area contributed by atoms with Crippen LogP contribution in [-0.2, 0) is 13.6 Å². The van der Waals surface area contributed by atoms with Gasteiger partial charge in [0, 0.05) is 44.9 Å². The standard InChI is InChI=1S/C23H23N5O2/c1-26-20-10-6-5-9-18(20)24-22(26)16-27-11-13-28(14-12-27)23(29)19-15-21(30-25-19)17-7-3-2-4-8-17/h2-10,15H,11-14,16H2,1H3. The first kappa shape index (κ1) is 18.6. The molecular weight excluding hydrogens is 378 g/mol. The Morgan fingerprint density at radius 2 is 1.73 bits per heavy atom. The number of nitrogens with zero attached hydrogens (tertiary/aromatic N) is 5. The molecule has 3 heterocycles. The molecule has 0 N–H and O–H groups in total. The van der Waals surface area contributed by atoms with E-state index in [9.17, 15) is 4.79 Å². The minimum Gasteiger partial charge on any atom is -0.355 e. The van der Waals surface area contributed by atoms with Crippen LogP contribution in [0.15, 0.2) is 65.2 Å². The van der Waals surface area contributed by atoms with Crippen molar-refractivity contribution in [3.05, 3.63) is 72.2 Å². The lowest BCUT2D eigenvalue weighted by Crippen LogP contribution is -2.48. The Balaban J connectivity index is 1.22. The topological polar surface area (TPSA) is 67.4 Å². The zero-order valence-corrected chi connectivity index (χ0v) is 16.9. The number of hydrogen-bond acceptors (Lipinski definition) is 5. The van der Waals surface area contributed by atoms with E-state index < -0.39 is 0 Å². The molecule has 1 saturated heterocycles. The lowest BCUT2D eigenvalue weighted by Gasteiger charge is -2.34. The Morgan fingerprint density at radius 1 is 1.00 bits per heavy atom. The van der Waals surface area contributed by atoms with Gasteiger partial charge in [-0.25, -0.2) is 4.98 Å². The summed E-state index contributed by atoms with van der Waals surface area (Å²) in [6, 6.07) is 19.6. The van der Waals surface area contributed by atoms with E-state index in [0.717, 1.165) is 42.1 Å². The van der Waals surface area contributed by atoms with Crippen LogP contribution >= 0.6 is 0 Å². The van der Waals surface area contributed by atoms with Crippen molar-refractivity contribution in [2.24, 2.45) is 7.05 Å². The predicted octanol–water partition coefficient (Wildman–Crippen LogP) is 3.19. The van der Waals surface area contributed by atoms with Gasteiger partial charge in [-0.2, -0.15) is 0 Å². The molecule has 0 spiro atoms. The number of fused-ring (bicyclic) bond motifs is 1. The highest BCUT2D eigenvalue weighted by Crippen LogP contribution is 2.21. The fraction of sp³-hybridized carbons (Fsp3) is 0.261. The molecule has 4 aromatic rings. The van der Waals surface area contributed by atoms with Gasteiger partial charge in [-0.3, -0.25) is 9.69 Å². The summed E-state index contributed by atoms with van der Waals surface area (Å²) in [5.74, 6) is 1.57. The van der Waals surface area contributed by atoms with Crippen molar-refractivity contribution in [1.82, 2.24) is 24.5 Å². The van der Waals surface area contributed by atoms with Crippen molar-refractivity contribution in [1.29, 1.82) is 0 Å². The Hall–Kier alpha value is -3.45. The molecule has 1 amide bonds. The maximum Gasteiger partial charge on any atom is 0.276 e. The van der Waals surface area contributed by atoms with E-state index in [1.165, 1.54) is 0 Å². The molecule has 1 fully saturated rings. The normalized spacial score (nSPS) is 15.0. The second kappa shape index (κ2) is 7.76. The van der Waals surface area contributed by atoms with Gasteiger partial charge in [0.25, 0.3) is 5.91 Å². The summed E-state index contributed by atoms with van der Waals surface area (Å²) in [6.45, 7) is 3.71. The van der Waals surface area contributed by atoms with Gasteiger partial charge in [-0.15, -0.1) is 0 Å². The SMILES string of the molecule is Cn1c(CN2CCN(C(=O)c3cc(-c4ccccc4)on3)CC2)nc2ccccc21. The molecule has 2 aromatic carbocycles. The lowest BCUT2D eigenvalue weighted by atomic mass is 10.1. The van der Waals surface area contributed by atoms with Gasteiger partial charge in [0.2, 0.25) is 0 Å². The first-order chi connectivity index (χ1) is 14.7. The Kier molecular flexibility index (Phi) is 4.80. The molecule has 7 nitrogen and oxygen atoms in total. The molecule has 1 aliphatic rings. The number of hydrogen-bond donors (Lipinski definition) is 0. The van der Waals surface area contributed by atoms with Crippen molar-refractivity contribution in [3.63, 3.8) is 0 Å². The summed E-state index contributed by atoms with van der Waals surface area (Å²) < 4.78 is 7.53. The molecule has 0 unspecified atom stereocenters. The van der Waals surface area contributed by atoms with Crippen LogP contribution in [0.1, 0.15) is 16.3 Å². The van der Waals surface area contributed by atoms with Gasteiger partial charge >= 0.3 is 0 Å². The summed E-state index contributed by atoms with van der Waals surface area (Å²) in [5.41, 5.74) is 3.43. The zero-order valence-electron chi connectivity index (χ0n) is 16.9. The summed E-state index contributed by atoms with van der Waals surface area (Å²) in [4.78, 5) is 21.8. The molecule has 5 rings (SSSR count). The third-order valence-corrected chi connectivity index (χ3v) is 5.69. The number of imidazole rings is 1. The van der Waals surface area contributed by atoms with Crippen LogP contribution in [0.3, 0.4) is 0 Å². The van der Waals surface area contributed by atoms with Gasteiger partial charge in [0.05, 0.1) is 17.6 Å². The maximum atomic E-state index is 12.8. The van der Waals surface area contributed by atoms with E-state index in [2.05, 4.69) is 27.7 Å². The first-order valence-corrected chi connectivity index (χ1v) is 10.1. The molecule has 1 aliphatic heterocycles. The van der Waals surface area contributed by atoms with Gasteiger partial charge < -0.3 is 14.0 Å². The second-order valence-corrected chi connectivity index (χ2v) is 7.59. The number of rotatable bonds is 4. The van der Waals surface area contributed by atoms with Crippen LogP contribution in [0.5, 0.6) is 0 Å². The maximum absolute atomic E-state index is 12.8. The fourth-order valence-electron chi connectivity index (χ4n) is 3.92. The molecule has 0 bridgehead atoms. The molecule has 0 radical (unpaired) electrons. The Morgan fingerprint density at radius 3 is 2.50 bits per heavy atom. The molecule has 0 saturated carbocycles. The van der Waals surface area contributed by atoms with E-state index in [4.69, 9.17) is 9.51 Å². The monoisotopic (exact) mass is 401 g/mol. The van der Waals surface area contributed by atoms with E-state index in [1.54, 1.807) is 6.07 Å². The van der Waals surface area contributed by atoms with Gasteiger partial charge in [0.15, 0.2) is 11.5 Å². The van der Waals surface area contributed by atoms with Crippen molar-refractivity contribution >= 4 is 16.9 Å². The van der Waals surface area contributed by atoms with Crippen LogP contribution in [0.25, 0.3) is 22.4 Å². The van der Waals surface area contributed by atoms with E-state index in [1.807, 2.05) is 53.4 Å². The minimum atomic E-state index is -0.0803. The van der Waals surface area contributed by atoms with E-state index in [0.29, 0.717) is 24.5 Å². The molecule has 0 atom stereocenters. The summed E-state index contributed by atoms with van der Waals surface area (Å²) in [6.07, 6.45) is 0. The third kappa shape index (κ3) is 3.48. The van der Waals surface area contributed by atoms with Crippen LogP contribution in [0.4, 0.5) is 0 Å². The largest absolute Gasteiger partial charge is 0.355 e. The van der Waals surface area contributed by atoms with Gasteiger partial charge in [0.1, 0.15) is 5.82 Å². The van der Waals surface area contributed by atoms with Crippen LogP contribution in [0, 0.1) is 0 Å². The summed E-state index contributed by atoms with van der Waals surface area (Å²) >= 11 is 0. The number of aromatic nitrogens is 3. The third-order valence-electron chi connectivity index (χ3n) is 5.69. The predicted molar refractivity (Wildman–Crippen MR) is 114 cm³/mol. The molecule has 0 aliphatic carbocycles. The molecule has 152 valence electrons. The van der Waals surface area contributed by atoms with Crippen molar-refractivity contribution in [2.75, 3.05) is 26.2 Å². The Labute approximate surface area is 174 Å². The first-order valence-electron chi connectivity index (χ1n) is 10.1. The Bertz CT molecular complexity index is 1170. The van der Waals surface area contributed by atoms with E-state index in [-0.39, 0.29) is 5.91 Å².